The number of nitrogens with zero attached hydrogens (tertiary/aromatic N) is 2. The van der Waals surface area contributed by atoms with Crippen molar-refractivity contribution in [3.05, 3.63) is 30.6 Å². The number of carbonyl (C=O) groups is 1. The van der Waals surface area contributed by atoms with Gasteiger partial charge >= 0.3 is 0 Å². The summed E-state index contributed by atoms with van der Waals surface area (Å²) in [7, 11) is 0. The van der Waals surface area contributed by atoms with Gasteiger partial charge in [0.1, 0.15) is 6.33 Å². The molecule has 0 saturated carbocycles. The molecule has 3 rings (SSSR count). The second kappa shape index (κ2) is 8.12. The van der Waals surface area contributed by atoms with E-state index >= 15 is 0 Å². The minimum atomic E-state index is 0.0122. The molecule has 1 aromatic carbocycles. The molecule has 1 atom stereocenters. The van der Waals surface area contributed by atoms with Crippen molar-refractivity contribution in [1.29, 1.82) is 0 Å². The predicted molar refractivity (Wildman–Crippen MR) is 91.4 cm³/mol. The van der Waals surface area contributed by atoms with Crippen LogP contribution < -0.4 is 5.32 Å². The molecule has 1 aliphatic heterocycles. The molecule has 1 unspecified atom stereocenters. The molecule has 1 aliphatic rings. The quantitative estimate of drug-likeness (QED) is 0.850. The van der Waals surface area contributed by atoms with Crippen LogP contribution in [-0.2, 0) is 9.53 Å². The number of rotatable bonds is 6. The number of anilines is 1. The zero-order chi connectivity index (χ0) is 15.9. The van der Waals surface area contributed by atoms with Crippen molar-refractivity contribution in [2.24, 2.45) is 0 Å². The van der Waals surface area contributed by atoms with Gasteiger partial charge < -0.3 is 10.1 Å². The van der Waals surface area contributed by atoms with Crippen LogP contribution in [0, 0.1) is 0 Å². The Morgan fingerprint density at radius 2 is 2.22 bits per heavy atom. The SMILES string of the molecule is O=C(CSCC1CCCCO1)Nc1ccc(-c2ncn[nH]2)cc1. The van der Waals surface area contributed by atoms with Crippen molar-refractivity contribution in [1.82, 2.24) is 15.2 Å². The van der Waals surface area contributed by atoms with Gasteiger partial charge in [0.05, 0.1) is 11.9 Å². The lowest BCUT2D eigenvalue weighted by molar-refractivity contribution is -0.113. The summed E-state index contributed by atoms with van der Waals surface area (Å²) in [6.07, 6.45) is 5.28. The van der Waals surface area contributed by atoms with E-state index in [1.807, 2.05) is 24.3 Å². The highest BCUT2D eigenvalue weighted by Gasteiger charge is 2.14. The smallest absolute Gasteiger partial charge is 0.234 e. The largest absolute Gasteiger partial charge is 0.377 e. The zero-order valence-electron chi connectivity index (χ0n) is 12.8. The van der Waals surface area contributed by atoms with Crippen LogP contribution in [-0.4, -0.2) is 45.3 Å². The van der Waals surface area contributed by atoms with Crippen LogP contribution in [0.25, 0.3) is 11.4 Å². The number of aromatic nitrogens is 3. The number of amides is 1. The van der Waals surface area contributed by atoms with E-state index in [1.54, 1.807) is 11.8 Å². The lowest BCUT2D eigenvalue weighted by atomic mass is 10.1. The molecule has 23 heavy (non-hydrogen) atoms. The Labute approximate surface area is 139 Å². The monoisotopic (exact) mass is 332 g/mol. The Bertz CT molecular complexity index is 610. The molecule has 1 amide bonds. The van der Waals surface area contributed by atoms with E-state index in [2.05, 4.69) is 20.5 Å². The maximum absolute atomic E-state index is 12.0. The van der Waals surface area contributed by atoms with E-state index < -0.39 is 0 Å². The normalized spacial score (nSPS) is 17.8. The molecule has 7 heteroatoms. The third-order valence-corrected chi connectivity index (χ3v) is 4.74. The average molecular weight is 332 g/mol. The number of thioether (sulfide) groups is 1. The number of aromatic amines is 1. The van der Waals surface area contributed by atoms with Crippen molar-refractivity contribution in [2.45, 2.75) is 25.4 Å². The van der Waals surface area contributed by atoms with Crippen molar-refractivity contribution >= 4 is 23.4 Å². The molecule has 0 spiro atoms. The summed E-state index contributed by atoms with van der Waals surface area (Å²) in [5.41, 5.74) is 1.72. The molecule has 6 nitrogen and oxygen atoms in total. The number of carbonyl (C=O) groups excluding carboxylic acids is 1. The van der Waals surface area contributed by atoms with Gasteiger partial charge in [-0.3, -0.25) is 9.89 Å². The lowest BCUT2D eigenvalue weighted by Gasteiger charge is -2.21. The number of nitrogens with one attached hydrogen (secondary N) is 2. The third-order valence-electron chi connectivity index (χ3n) is 3.67. The highest BCUT2D eigenvalue weighted by Crippen LogP contribution is 2.19. The van der Waals surface area contributed by atoms with Crippen molar-refractivity contribution in [3.8, 4) is 11.4 Å². The summed E-state index contributed by atoms with van der Waals surface area (Å²) in [4.78, 5) is 16.1. The van der Waals surface area contributed by atoms with E-state index in [4.69, 9.17) is 4.74 Å². The molecule has 2 aromatic rings. The molecule has 2 N–H and O–H groups in total. The second-order valence-corrected chi connectivity index (χ2v) is 6.49. The van der Waals surface area contributed by atoms with Gasteiger partial charge in [-0.15, -0.1) is 11.8 Å². The van der Waals surface area contributed by atoms with E-state index in [9.17, 15) is 4.79 Å². The standard InChI is InChI=1S/C16H20N4O2S/c21-15(10-23-9-14-3-1-2-8-22-14)19-13-6-4-12(5-7-13)16-17-11-18-20-16/h4-7,11,14H,1-3,8-10H2,(H,19,21)(H,17,18,20). The first-order valence-corrected chi connectivity index (χ1v) is 8.92. The molecule has 0 aliphatic carbocycles. The van der Waals surface area contributed by atoms with Gasteiger partial charge in [0, 0.05) is 23.6 Å². The Hall–Kier alpha value is -1.86. The maximum atomic E-state index is 12.0. The van der Waals surface area contributed by atoms with Gasteiger partial charge in [0.25, 0.3) is 0 Å². The summed E-state index contributed by atoms with van der Waals surface area (Å²) in [6.45, 7) is 0.856. The van der Waals surface area contributed by atoms with Crippen LogP contribution >= 0.6 is 11.8 Å². The first-order chi connectivity index (χ1) is 11.3. The third kappa shape index (κ3) is 4.80. The maximum Gasteiger partial charge on any atom is 0.234 e. The molecule has 1 saturated heterocycles. The molecule has 1 aromatic heterocycles. The van der Waals surface area contributed by atoms with Gasteiger partial charge in [0.2, 0.25) is 5.91 Å². The van der Waals surface area contributed by atoms with E-state index in [0.29, 0.717) is 17.7 Å². The molecule has 2 heterocycles. The summed E-state index contributed by atoms with van der Waals surface area (Å²) in [5, 5.41) is 9.54. The molecular weight excluding hydrogens is 312 g/mol. The number of hydrogen-bond donors (Lipinski definition) is 2. The van der Waals surface area contributed by atoms with Crippen LogP contribution in [0.2, 0.25) is 0 Å². The van der Waals surface area contributed by atoms with Crippen LogP contribution in [0.5, 0.6) is 0 Å². The zero-order valence-corrected chi connectivity index (χ0v) is 13.6. The summed E-state index contributed by atoms with van der Waals surface area (Å²) >= 11 is 1.63. The molecular formula is C16H20N4O2S. The average Bonchev–Trinajstić information content (AvgIpc) is 3.11. The fraction of sp³-hybridized carbons (Fsp3) is 0.438. The fourth-order valence-corrected chi connectivity index (χ4v) is 3.38. The van der Waals surface area contributed by atoms with Crippen molar-refractivity contribution in [3.63, 3.8) is 0 Å². The first kappa shape index (κ1) is 16.0. The summed E-state index contributed by atoms with van der Waals surface area (Å²) in [5.74, 6) is 2.06. The highest BCUT2D eigenvalue weighted by atomic mass is 32.2. The fourth-order valence-electron chi connectivity index (χ4n) is 2.47. The minimum Gasteiger partial charge on any atom is -0.377 e. The van der Waals surface area contributed by atoms with Gasteiger partial charge in [0.15, 0.2) is 5.82 Å². The number of hydrogen-bond acceptors (Lipinski definition) is 5. The van der Waals surface area contributed by atoms with Gasteiger partial charge in [-0.25, -0.2) is 4.98 Å². The number of H-pyrrole nitrogens is 1. The van der Waals surface area contributed by atoms with Gasteiger partial charge in [-0.05, 0) is 43.5 Å². The predicted octanol–water partition coefficient (Wildman–Crippen LogP) is 2.71. The molecule has 0 bridgehead atoms. The summed E-state index contributed by atoms with van der Waals surface area (Å²) in [6, 6.07) is 7.54. The Morgan fingerprint density at radius 3 is 2.91 bits per heavy atom. The molecule has 122 valence electrons. The molecule has 0 radical (unpaired) electrons. The minimum absolute atomic E-state index is 0.0122. The van der Waals surface area contributed by atoms with Crippen molar-refractivity contribution in [2.75, 3.05) is 23.4 Å². The molecule has 1 fully saturated rings. The van der Waals surface area contributed by atoms with Crippen LogP contribution in [0.3, 0.4) is 0 Å². The second-order valence-electron chi connectivity index (χ2n) is 5.46. The van der Waals surface area contributed by atoms with E-state index in [1.165, 1.54) is 12.7 Å². The van der Waals surface area contributed by atoms with Crippen LogP contribution in [0.4, 0.5) is 5.69 Å². The number of benzene rings is 1. The van der Waals surface area contributed by atoms with Crippen LogP contribution in [0.15, 0.2) is 30.6 Å². The Morgan fingerprint density at radius 1 is 1.35 bits per heavy atom. The highest BCUT2D eigenvalue weighted by molar-refractivity contribution is 8.00. The topological polar surface area (TPSA) is 79.9 Å². The van der Waals surface area contributed by atoms with E-state index in [-0.39, 0.29) is 5.91 Å². The Kier molecular flexibility index (Phi) is 5.65. The summed E-state index contributed by atoms with van der Waals surface area (Å²) < 4.78 is 5.66. The number of ether oxygens (including phenoxy) is 1. The van der Waals surface area contributed by atoms with Crippen LogP contribution in [0.1, 0.15) is 19.3 Å². The first-order valence-electron chi connectivity index (χ1n) is 7.76. The van der Waals surface area contributed by atoms with Gasteiger partial charge in [-0.1, -0.05) is 0 Å². The Balaban J connectivity index is 1.42. The van der Waals surface area contributed by atoms with Gasteiger partial charge in [-0.2, -0.15) is 5.10 Å². The van der Waals surface area contributed by atoms with E-state index in [0.717, 1.165) is 36.5 Å². The van der Waals surface area contributed by atoms with Crippen molar-refractivity contribution < 1.29 is 9.53 Å². The lowest BCUT2D eigenvalue weighted by Crippen LogP contribution is -2.22.